The minimum atomic E-state index is -0.318. The second-order valence-electron chi connectivity index (χ2n) is 4.78. The summed E-state index contributed by atoms with van der Waals surface area (Å²) in [5.74, 6) is -0.0760. The molecule has 6 nitrogen and oxygen atoms in total. The summed E-state index contributed by atoms with van der Waals surface area (Å²) >= 11 is 0. The van der Waals surface area contributed by atoms with E-state index >= 15 is 0 Å². The van der Waals surface area contributed by atoms with E-state index in [2.05, 4.69) is 0 Å². The van der Waals surface area contributed by atoms with E-state index < -0.39 is 0 Å². The van der Waals surface area contributed by atoms with Gasteiger partial charge in [0.15, 0.2) is 0 Å². The normalized spacial score (nSPS) is 26.0. The molecule has 2 aliphatic heterocycles. The van der Waals surface area contributed by atoms with Crippen molar-refractivity contribution < 1.29 is 14.4 Å². The lowest BCUT2D eigenvalue weighted by atomic mass is 10.1. The monoisotopic (exact) mass is 253 g/mol. The summed E-state index contributed by atoms with van der Waals surface area (Å²) in [6.07, 6.45) is 0.792. The van der Waals surface area contributed by atoms with Gasteiger partial charge in [-0.2, -0.15) is 0 Å². The van der Waals surface area contributed by atoms with Gasteiger partial charge in [0.2, 0.25) is 17.7 Å². The predicted octanol–water partition coefficient (Wildman–Crippen LogP) is -0.702. The van der Waals surface area contributed by atoms with Crippen LogP contribution >= 0.6 is 0 Å². The number of carbonyl (C=O) groups excluding carboxylic acids is 3. The Bertz CT molecular complexity index is 375. The lowest BCUT2D eigenvalue weighted by Crippen LogP contribution is -2.53. The SMILES string of the molecule is CCC(=O)N1CCN(C2CC(=O)N(C)C2=O)CC1. The van der Waals surface area contributed by atoms with Crippen LogP contribution in [0.25, 0.3) is 0 Å². The largest absolute Gasteiger partial charge is 0.340 e. The van der Waals surface area contributed by atoms with Crippen LogP contribution in [0.3, 0.4) is 0 Å². The maximum atomic E-state index is 11.9. The number of hydrogen-bond acceptors (Lipinski definition) is 4. The Morgan fingerprint density at radius 3 is 2.28 bits per heavy atom. The van der Waals surface area contributed by atoms with Crippen LogP contribution in [-0.2, 0) is 14.4 Å². The number of carbonyl (C=O) groups is 3. The van der Waals surface area contributed by atoms with Crippen molar-refractivity contribution in [3.05, 3.63) is 0 Å². The Morgan fingerprint density at radius 2 is 1.83 bits per heavy atom. The number of nitrogens with zero attached hydrogens (tertiary/aromatic N) is 3. The fourth-order valence-corrected chi connectivity index (χ4v) is 2.53. The van der Waals surface area contributed by atoms with Crippen LogP contribution in [0.5, 0.6) is 0 Å². The van der Waals surface area contributed by atoms with Crippen molar-refractivity contribution in [3.63, 3.8) is 0 Å². The molecule has 0 aromatic heterocycles. The number of imide groups is 1. The summed E-state index contributed by atoms with van der Waals surface area (Å²) < 4.78 is 0. The van der Waals surface area contributed by atoms with Gasteiger partial charge in [-0.15, -0.1) is 0 Å². The van der Waals surface area contributed by atoms with Crippen LogP contribution in [0.2, 0.25) is 0 Å². The van der Waals surface area contributed by atoms with E-state index in [1.807, 2.05) is 16.7 Å². The van der Waals surface area contributed by atoms with Crippen molar-refractivity contribution >= 4 is 17.7 Å². The van der Waals surface area contributed by atoms with E-state index in [0.29, 0.717) is 32.6 Å². The van der Waals surface area contributed by atoms with Gasteiger partial charge in [-0.05, 0) is 0 Å². The van der Waals surface area contributed by atoms with E-state index in [9.17, 15) is 14.4 Å². The molecule has 2 saturated heterocycles. The highest BCUT2D eigenvalue weighted by molar-refractivity contribution is 6.05. The second-order valence-corrected chi connectivity index (χ2v) is 4.78. The van der Waals surface area contributed by atoms with Crippen LogP contribution in [-0.4, -0.2) is 71.7 Å². The molecule has 18 heavy (non-hydrogen) atoms. The highest BCUT2D eigenvalue weighted by Crippen LogP contribution is 2.18. The van der Waals surface area contributed by atoms with E-state index in [-0.39, 0.29) is 30.2 Å². The zero-order valence-corrected chi connectivity index (χ0v) is 10.9. The Labute approximate surface area is 107 Å². The molecule has 2 rings (SSSR count). The average molecular weight is 253 g/mol. The number of hydrogen-bond donors (Lipinski definition) is 0. The zero-order valence-electron chi connectivity index (χ0n) is 10.9. The predicted molar refractivity (Wildman–Crippen MR) is 64.6 cm³/mol. The van der Waals surface area contributed by atoms with Gasteiger partial charge in [0.25, 0.3) is 0 Å². The lowest BCUT2D eigenvalue weighted by molar-refractivity contribution is -0.138. The highest BCUT2D eigenvalue weighted by atomic mass is 16.2. The van der Waals surface area contributed by atoms with Gasteiger partial charge in [-0.25, -0.2) is 0 Å². The number of likely N-dealkylation sites (tertiary alicyclic amines) is 1. The zero-order chi connectivity index (χ0) is 13.3. The first-order valence-corrected chi connectivity index (χ1v) is 6.36. The molecule has 0 spiro atoms. The summed E-state index contributed by atoms with van der Waals surface area (Å²) in [6.45, 7) is 4.48. The molecule has 3 amide bonds. The molecular formula is C12H19N3O3. The van der Waals surface area contributed by atoms with Crippen molar-refractivity contribution in [2.24, 2.45) is 0 Å². The number of rotatable bonds is 2. The highest BCUT2D eigenvalue weighted by Gasteiger charge is 2.40. The van der Waals surface area contributed by atoms with Crippen LogP contribution in [0.1, 0.15) is 19.8 Å². The van der Waals surface area contributed by atoms with E-state index in [4.69, 9.17) is 0 Å². The van der Waals surface area contributed by atoms with E-state index in [0.717, 1.165) is 0 Å². The molecule has 0 aromatic carbocycles. The standard InChI is InChI=1S/C12H19N3O3/c1-3-10(16)15-6-4-14(5-7-15)9-8-11(17)13(2)12(9)18/h9H,3-8H2,1-2H3. The van der Waals surface area contributed by atoms with Crippen molar-refractivity contribution in [1.82, 2.24) is 14.7 Å². The van der Waals surface area contributed by atoms with E-state index in [1.54, 1.807) is 0 Å². The summed E-state index contributed by atoms with van der Waals surface area (Å²) in [7, 11) is 1.53. The van der Waals surface area contributed by atoms with Gasteiger partial charge >= 0.3 is 0 Å². The molecule has 0 bridgehead atoms. The Balaban J connectivity index is 1.93. The number of amides is 3. The topological polar surface area (TPSA) is 60.9 Å². The van der Waals surface area contributed by atoms with Gasteiger partial charge in [-0.1, -0.05) is 6.92 Å². The number of likely N-dealkylation sites (N-methyl/N-ethyl adjacent to an activating group) is 1. The first-order valence-electron chi connectivity index (χ1n) is 6.36. The molecule has 0 N–H and O–H groups in total. The molecule has 100 valence electrons. The van der Waals surface area contributed by atoms with Crippen molar-refractivity contribution in [3.8, 4) is 0 Å². The van der Waals surface area contributed by atoms with Gasteiger partial charge in [0.1, 0.15) is 0 Å². The molecule has 0 saturated carbocycles. The summed E-state index contributed by atoms with van der Waals surface area (Å²) in [4.78, 5) is 39.9. The Kier molecular flexibility index (Phi) is 3.65. The van der Waals surface area contributed by atoms with Crippen molar-refractivity contribution in [2.75, 3.05) is 33.2 Å². The second kappa shape index (κ2) is 5.06. The third-order valence-corrected chi connectivity index (χ3v) is 3.77. The minimum absolute atomic E-state index is 0.114. The molecule has 2 aliphatic rings. The van der Waals surface area contributed by atoms with Crippen LogP contribution in [0.4, 0.5) is 0 Å². The quantitative estimate of drug-likeness (QED) is 0.610. The first-order chi connectivity index (χ1) is 8.54. The first kappa shape index (κ1) is 13.0. The molecular weight excluding hydrogens is 234 g/mol. The Morgan fingerprint density at radius 1 is 1.22 bits per heavy atom. The average Bonchev–Trinajstić information content (AvgIpc) is 2.66. The van der Waals surface area contributed by atoms with Crippen LogP contribution < -0.4 is 0 Å². The smallest absolute Gasteiger partial charge is 0.246 e. The van der Waals surface area contributed by atoms with E-state index in [1.165, 1.54) is 11.9 Å². The molecule has 0 aromatic rings. The maximum absolute atomic E-state index is 11.9. The minimum Gasteiger partial charge on any atom is -0.340 e. The molecule has 6 heteroatoms. The summed E-state index contributed by atoms with van der Waals surface area (Å²) in [5.41, 5.74) is 0. The third-order valence-electron chi connectivity index (χ3n) is 3.77. The Hall–Kier alpha value is -1.43. The molecule has 1 unspecified atom stereocenters. The van der Waals surface area contributed by atoms with Gasteiger partial charge in [0.05, 0.1) is 12.5 Å². The fourth-order valence-electron chi connectivity index (χ4n) is 2.53. The fraction of sp³-hybridized carbons (Fsp3) is 0.750. The van der Waals surface area contributed by atoms with Gasteiger partial charge in [-0.3, -0.25) is 24.2 Å². The summed E-state index contributed by atoms with van der Waals surface area (Å²) in [6, 6.07) is -0.318. The van der Waals surface area contributed by atoms with Crippen LogP contribution in [0, 0.1) is 0 Å². The van der Waals surface area contributed by atoms with Crippen molar-refractivity contribution in [1.29, 1.82) is 0 Å². The lowest BCUT2D eigenvalue weighted by Gasteiger charge is -2.36. The van der Waals surface area contributed by atoms with Crippen molar-refractivity contribution in [2.45, 2.75) is 25.8 Å². The molecule has 1 atom stereocenters. The molecule has 2 heterocycles. The molecule has 0 aliphatic carbocycles. The maximum Gasteiger partial charge on any atom is 0.246 e. The third kappa shape index (κ3) is 2.25. The van der Waals surface area contributed by atoms with Gasteiger partial charge < -0.3 is 4.90 Å². The van der Waals surface area contributed by atoms with Crippen LogP contribution in [0.15, 0.2) is 0 Å². The number of piperazine rings is 1. The molecule has 0 radical (unpaired) electrons. The summed E-state index contributed by atoms with van der Waals surface area (Å²) in [5, 5.41) is 0. The molecule has 2 fully saturated rings. The van der Waals surface area contributed by atoms with Gasteiger partial charge in [0, 0.05) is 39.6 Å².